The fourth-order valence-corrected chi connectivity index (χ4v) is 3.33. The van der Waals surface area contributed by atoms with Crippen molar-refractivity contribution in [3.8, 4) is 0 Å². The van der Waals surface area contributed by atoms with Crippen molar-refractivity contribution in [3.63, 3.8) is 0 Å². The summed E-state index contributed by atoms with van der Waals surface area (Å²) < 4.78 is 0. The zero-order valence-corrected chi connectivity index (χ0v) is 20.3. The van der Waals surface area contributed by atoms with Crippen molar-refractivity contribution in [2.24, 2.45) is 27.2 Å². The van der Waals surface area contributed by atoms with Gasteiger partial charge in [-0.1, -0.05) is 18.2 Å². The monoisotopic (exact) mass is 499 g/mol. The predicted octanol–water partition coefficient (Wildman–Crippen LogP) is -0.179. The van der Waals surface area contributed by atoms with Gasteiger partial charge in [0.1, 0.15) is 11.9 Å². The van der Waals surface area contributed by atoms with E-state index in [2.05, 4.69) is 25.6 Å². The Morgan fingerprint density at radius 2 is 1.97 bits per heavy atom. The van der Waals surface area contributed by atoms with Crippen molar-refractivity contribution in [2.75, 3.05) is 25.5 Å². The predicted molar refractivity (Wildman–Crippen MR) is 138 cm³/mol. The number of carboxylic acid groups (broad SMARTS) is 1. The van der Waals surface area contributed by atoms with Crippen molar-refractivity contribution >= 4 is 46.4 Å². The van der Waals surface area contributed by atoms with Crippen LogP contribution in [0.3, 0.4) is 0 Å². The number of likely N-dealkylation sites (N-methyl/N-ethyl adjacent to an activating group) is 1. The van der Waals surface area contributed by atoms with Crippen LogP contribution in [0.2, 0.25) is 0 Å². The fourth-order valence-electron chi connectivity index (χ4n) is 3.33. The third-order valence-electron chi connectivity index (χ3n) is 5.14. The minimum Gasteiger partial charge on any atom is -0.481 e. The second-order valence-corrected chi connectivity index (χ2v) is 8.15. The van der Waals surface area contributed by atoms with Crippen LogP contribution >= 0.6 is 0 Å². The number of aromatic nitrogens is 1. The Morgan fingerprint density at radius 1 is 1.28 bits per heavy atom. The quantitative estimate of drug-likeness (QED) is 0.161. The normalized spacial score (nSPS) is 15.5. The number of pyridine rings is 1. The van der Waals surface area contributed by atoms with Gasteiger partial charge >= 0.3 is 0 Å². The van der Waals surface area contributed by atoms with E-state index in [1.54, 1.807) is 7.05 Å². The molecule has 36 heavy (non-hydrogen) atoms. The van der Waals surface area contributed by atoms with Gasteiger partial charge in [-0.15, -0.1) is 0 Å². The highest BCUT2D eigenvalue weighted by Crippen LogP contribution is 2.15. The van der Waals surface area contributed by atoms with Crippen LogP contribution in [0.5, 0.6) is 0 Å². The van der Waals surface area contributed by atoms with Crippen molar-refractivity contribution in [3.05, 3.63) is 36.4 Å². The van der Waals surface area contributed by atoms with Crippen LogP contribution in [0.15, 0.2) is 46.4 Å². The Bertz CT molecular complexity index is 1130. The Hall–Kier alpha value is -4.26. The lowest BCUT2D eigenvalue weighted by Gasteiger charge is -2.30. The average Bonchev–Trinajstić information content (AvgIpc) is 2.81. The summed E-state index contributed by atoms with van der Waals surface area (Å²) in [5.74, 6) is -0.477. The molecule has 194 valence electrons. The fraction of sp³-hybridized carbons (Fsp3) is 0.391. The number of para-hydroxylation sites is 1. The van der Waals surface area contributed by atoms with Gasteiger partial charge in [0.2, 0.25) is 11.9 Å². The molecular formula is C23H33N9O4. The first-order valence-corrected chi connectivity index (χ1v) is 11.3. The maximum atomic E-state index is 12.6. The summed E-state index contributed by atoms with van der Waals surface area (Å²) in [7, 11) is 1.58. The molecule has 0 saturated heterocycles. The standard InChI is InChI=1S/C21H29N9O2.C2H4O2/c1-30(18(31)11-14(22)6-4-10-25-20(23)24)16-12-26-21(29-19(16)32)28-17-9-8-13-5-2-3-7-15(13)27-17;1-2(3)4/h2-3,5,7-9,14,16H,4,6,10-12,22H2,1H3,(H4,23,24,25)(H2,26,27,28,29,32);1H3,(H,3,4)/t14-,16?;/m0./s1. The maximum Gasteiger partial charge on any atom is 0.300 e. The SMILES string of the molecule is CC(=O)O.CN(C(=O)C[C@@H](N)CCCN=C(N)N)C1CN=C(Nc2ccc3ccccc3n2)NC1=O. The summed E-state index contributed by atoms with van der Waals surface area (Å²) in [6.45, 7) is 1.69. The van der Waals surface area contributed by atoms with Gasteiger partial charge in [-0.25, -0.2) is 9.98 Å². The van der Waals surface area contributed by atoms with Gasteiger partial charge in [-0.3, -0.25) is 24.7 Å². The average molecular weight is 500 g/mol. The molecule has 1 aliphatic rings. The van der Waals surface area contributed by atoms with E-state index in [0.717, 1.165) is 17.8 Å². The van der Waals surface area contributed by atoms with Crippen LogP contribution in [0.1, 0.15) is 26.2 Å². The van der Waals surface area contributed by atoms with Crippen molar-refractivity contribution < 1.29 is 19.5 Å². The van der Waals surface area contributed by atoms with Crippen LogP contribution in [-0.4, -0.2) is 76.9 Å². The molecule has 1 unspecified atom stereocenters. The molecule has 0 saturated carbocycles. The number of nitrogens with two attached hydrogens (primary N) is 3. The van der Waals surface area contributed by atoms with E-state index in [9.17, 15) is 9.59 Å². The molecule has 13 heteroatoms. The van der Waals surface area contributed by atoms with E-state index >= 15 is 0 Å². The third kappa shape index (κ3) is 9.18. The lowest BCUT2D eigenvalue weighted by Crippen LogP contribution is -2.55. The molecule has 3 rings (SSSR count). The summed E-state index contributed by atoms with van der Waals surface area (Å²) in [6.07, 6.45) is 1.39. The van der Waals surface area contributed by atoms with Crippen LogP contribution in [-0.2, 0) is 14.4 Å². The van der Waals surface area contributed by atoms with Gasteiger partial charge in [-0.2, -0.15) is 0 Å². The van der Waals surface area contributed by atoms with Crippen LogP contribution < -0.4 is 27.8 Å². The van der Waals surface area contributed by atoms with Gasteiger partial charge in [0, 0.05) is 38.4 Å². The first-order chi connectivity index (χ1) is 17.1. The summed E-state index contributed by atoms with van der Waals surface area (Å²) in [5.41, 5.74) is 17.4. The first kappa shape index (κ1) is 28.0. The molecular weight excluding hydrogens is 466 g/mol. The smallest absolute Gasteiger partial charge is 0.300 e. The molecule has 2 amide bonds. The highest BCUT2D eigenvalue weighted by Gasteiger charge is 2.31. The Morgan fingerprint density at radius 3 is 2.64 bits per heavy atom. The van der Waals surface area contributed by atoms with Gasteiger partial charge in [0.15, 0.2) is 5.96 Å². The maximum absolute atomic E-state index is 12.6. The molecule has 2 heterocycles. The number of fused-ring (bicyclic) bond motifs is 1. The molecule has 1 aliphatic heterocycles. The highest BCUT2D eigenvalue weighted by atomic mass is 16.4. The van der Waals surface area contributed by atoms with E-state index in [4.69, 9.17) is 27.1 Å². The molecule has 0 fully saturated rings. The van der Waals surface area contributed by atoms with Crippen molar-refractivity contribution in [1.29, 1.82) is 0 Å². The molecule has 0 radical (unpaired) electrons. The number of carboxylic acids is 1. The number of rotatable bonds is 8. The van der Waals surface area contributed by atoms with E-state index in [1.165, 1.54) is 4.90 Å². The molecule has 0 bridgehead atoms. The van der Waals surface area contributed by atoms with Crippen molar-refractivity contribution in [2.45, 2.75) is 38.3 Å². The number of aliphatic imine (C=N–C) groups is 2. The zero-order chi connectivity index (χ0) is 26.7. The summed E-state index contributed by atoms with van der Waals surface area (Å²) in [6, 6.07) is 10.4. The summed E-state index contributed by atoms with van der Waals surface area (Å²) in [4.78, 5) is 48.3. The Kier molecular flexibility index (Phi) is 10.6. The second kappa shape index (κ2) is 13.6. The largest absolute Gasteiger partial charge is 0.481 e. The molecule has 0 spiro atoms. The van der Waals surface area contributed by atoms with E-state index in [-0.39, 0.29) is 36.8 Å². The summed E-state index contributed by atoms with van der Waals surface area (Å²) in [5, 5.41) is 14.1. The van der Waals surface area contributed by atoms with E-state index in [0.29, 0.717) is 31.2 Å². The Balaban J connectivity index is 0.00000106. The van der Waals surface area contributed by atoms with Gasteiger partial charge < -0.3 is 32.5 Å². The number of hydrogen-bond donors (Lipinski definition) is 6. The number of hydrogen-bond acceptors (Lipinski definition) is 8. The summed E-state index contributed by atoms with van der Waals surface area (Å²) >= 11 is 0. The topological polar surface area (TPSA) is 214 Å². The number of nitrogens with zero attached hydrogens (tertiary/aromatic N) is 4. The van der Waals surface area contributed by atoms with Gasteiger partial charge in [0.05, 0.1) is 12.1 Å². The Labute approximate surface area is 208 Å². The van der Waals surface area contributed by atoms with Gasteiger partial charge in [-0.05, 0) is 31.0 Å². The van der Waals surface area contributed by atoms with Crippen LogP contribution in [0.25, 0.3) is 10.9 Å². The van der Waals surface area contributed by atoms with Crippen LogP contribution in [0.4, 0.5) is 5.82 Å². The number of aliphatic carboxylic acids is 1. The van der Waals surface area contributed by atoms with E-state index < -0.39 is 12.0 Å². The number of guanidine groups is 2. The number of carbonyl (C=O) groups is 3. The minimum atomic E-state index is -0.833. The number of carbonyl (C=O) groups excluding carboxylic acids is 2. The lowest BCUT2D eigenvalue weighted by atomic mass is 10.1. The molecule has 1 aromatic carbocycles. The molecule has 0 aliphatic carbocycles. The molecule has 2 atom stereocenters. The number of amides is 2. The molecule has 2 aromatic rings. The van der Waals surface area contributed by atoms with E-state index in [1.807, 2.05) is 36.4 Å². The molecule has 9 N–H and O–H groups in total. The zero-order valence-electron chi connectivity index (χ0n) is 20.3. The van der Waals surface area contributed by atoms with Crippen LogP contribution in [0, 0.1) is 0 Å². The van der Waals surface area contributed by atoms with Gasteiger partial charge in [0.25, 0.3) is 11.9 Å². The third-order valence-corrected chi connectivity index (χ3v) is 5.14. The lowest BCUT2D eigenvalue weighted by molar-refractivity contribution is -0.138. The molecule has 13 nitrogen and oxygen atoms in total. The number of benzene rings is 1. The highest BCUT2D eigenvalue weighted by molar-refractivity contribution is 6.08. The van der Waals surface area contributed by atoms with Crippen molar-refractivity contribution in [1.82, 2.24) is 15.2 Å². The number of anilines is 1. The number of nitrogens with one attached hydrogen (secondary N) is 2. The second-order valence-electron chi connectivity index (χ2n) is 8.15. The molecule has 1 aromatic heterocycles. The first-order valence-electron chi connectivity index (χ1n) is 11.3. The minimum absolute atomic E-state index is 0.0310.